The van der Waals surface area contributed by atoms with Crippen molar-refractivity contribution in [3.05, 3.63) is 71.8 Å². The van der Waals surface area contributed by atoms with Gasteiger partial charge in [0.1, 0.15) is 0 Å². The van der Waals surface area contributed by atoms with Gasteiger partial charge in [0.15, 0.2) is 5.41 Å². The Labute approximate surface area is 132 Å². The van der Waals surface area contributed by atoms with E-state index in [4.69, 9.17) is 0 Å². The van der Waals surface area contributed by atoms with E-state index in [1.54, 1.807) is 12.1 Å². The highest BCUT2D eigenvalue weighted by molar-refractivity contribution is 5.77. The molecule has 122 valence electrons. The van der Waals surface area contributed by atoms with Crippen LogP contribution in [0.25, 0.3) is 0 Å². The van der Waals surface area contributed by atoms with Gasteiger partial charge in [0.05, 0.1) is 0 Å². The summed E-state index contributed by atoms with van der Waals surface area (Å²) in [6.07, 6.45) is 0. The molecule has 0 bridgehead atoms. The van der Waals surface area contributed by atoms with Crippen molar-refractivity contribution in [1.82, 2.24) is 0 Å². The summed E-state index contributed by atoms with van der Waals surface area (Å²) in [5, 5.41) is 51.7. The van der Waals surface area contributed by atoms with Crippen molar-refractivity contribution in [3.8, 4) is 0 Å². The summed E-state index contributed by atoms with van der Waals surface area (Å²) in [6.45, 7) is 0.870. The zero-order valence-electron chi connectivity index (χ0n) is 12.4. The van der Waals surface area contributed by atoms with Gasteiger partial charge in [0.2, 0.25) is 11.6 Å². The molecule has 0 aliphatic rings. The second-order valence-corrected chi connectivity index (χ2v) is 5.51. The Kier molecular flexibility index (Phi) is 4.28. The number of hydrogen-bond acceptors (Lipinski definition) is 5. The molecule has 0 aliphatic heterocycles. The molecule has 0 fully saturated rings. The molecule has 0 unspecified atom stereocenters. The molecular formula is C17H18O6. The van der Waals surface area contributed by atoms with Gasteiger partial charge in [-0.1, -0.05) is 60.7 Å². The van der Waals surface area contributed by atoms with Crippen LogP contribution in [-0.4, -0.2) is 31.5 Å². The van der Waals surface area contributed by atoms with Crippen LogP contribution < -0.4 is 0 Å². The van der Waals surface area contributed by atoms with Crippen LogP contribution in [0.3, 0.4) is 0 Å². The minimum atomic E-state index is -3.04. The molecule has 0 saturated heterocycles. The molecule has 0 atom stereocenters. The van der Waals surface area contributed by atoms with Crippen molar-refractivity contribution in [1.29, 1.82) is 0 Å². The lowest BCUT2D eigenvalue weighted by Gasteiger charge is -2.45. The van der Waals surface area contributed by atoms with Gasteiger partial charge in [0.25, 0.3) is 0 Å². The number of hydrogen-bond donors (Lipinski definition) is 5. The molecule has 0 aliphatic carbocycles. The largest absolute Gasteiger partial charge is 0.481 e. The third-order valence-electron chi connectivity index (χ3n) is 4.17. The van der Waals surface area contributed by atoms with Crippen molar-refractivity contribution in [2.75, 3.05) is 0 Å². The number of benzene rings is 2. The van der Waals surface area contributed by atoms with Crippen LogP contribution in [0.15, 0.2) is 60.7 Å². The SMILES string of the molecule is CC(C(=O)O)(C(O)(O)c1ccccc1)C(O)(O)c1ccccc1. The van der Waals surface area contributed by atoms with Crippen molar-refractivity contribution >= 4 is 5.97 Å². The lowest BCUT2D eigenvalue weighted by atomic mass is 9.68. The first-order chi connectivity index (χ1) is 10.7. The molecule has 0 spiro atoms. The van der Waals surface area contributed by atoms with Crippen LogP contribution in [0.5, 0.6) is 0 Å². The maximum Gasteiger partial charge on any atom is 0.321 e. The Morgan fingerprint density at radius 2 is 1.04 bits per heavy atom. The average Bonchev–Trinajstić information content (AvgIpc) is 2.55. The molecular weight excluding hydrogens is 300 g/mol. The lowest BCUT2D eigenvalue weighted by Crippen LogP contribution is -2.61. The average molecular weight is 318 g/mol. The maximum atomic E-state index is 11.8. The fourth-order valence-corrected chi connectivity index (χ4v) is 2.46. The summed E-state index contributed by atoms with van der Waals surface area (Å²) >= 11 is 0. The third kappa shape index (κ3) is 2.51. The third-order valence-corrected chi connectivity index (χ3v) is 4.17. The smallest absolute Gasteiger partial charge is 0.321 e. The Morgan fingerprint density at radius 1 is 0.739 bits per heavy atom. The molecule has 0 heterocycles. The number of carboxylic acids is 1. The van der Waals surface area contributed by atoms with Gasteiger partial charge < -0.3 is 25.5 Å². The van der Waals surface area contributed by atoms with E-state index in [1.807, 2.05) is 0 Å². The first-order valence-corrected chi connectivity index (χ1v) is 6.89. The van der Waals surface area contributed by atoms with E-state index in [9.17, 15) is 30.3 Å². The molecule has 6 nitrogen and oxygen atoms in total. The monoisotopic (exact) mass is 318 g/mol. The topological polar surface area (TPSA) is 118 Å². The summed E-state index contributed by atoms with van der Waals surface area (Å²) in [5.74, 6) is -7.86. The van der Waals surface area contributed by atoms with E-state index in [-0.39, 0.29) is 11.1 Å². The Hall–Kier alpha value is -2.25. The van der Waals surface area contributed by atoms with Crippen LogP contribution >= 0.6 is 0 Å². The summed E-state index contributed by atoms with van der Waals surface area (Å²) < 4.78 is 0. The van der Waals surface area contributed by atoms with Gasteiger partial charge in [-0.25, -0.2) is 0 Å². The van der Waals surface area contributed by atoms with Crippen LogP contribution in [0.1, 0.15) is 18.1 Å². The molecule has 0 saturated carbocycles. The van der Waals surface area contributed by atoms with E-state index >= 15 is 0 Å². The molecule has 2 rings (SSSR count). The number of carbonyl (C=O) groups is 1. The first-order valence-electron chi connectivity index (χ1n) is 6.89. The summed E-state index contributed by atoms with van der Waals surface area (Å²) in [4.78, 5) is 11.8. The molecule has 0 amide bonds. The first kappa shape index (κ1) is 17.1. The van der Waals surface area contributed by atoms with E-state index in [0.717, 1.165) is 6.92 Å². The quantitative estimate of drug-likeness (QED) is 0.519. The van der Waals surface area contributed by atoms with E-state index in [0.29, 0.717) is 0 Å². The van der Waals surface area contributed by atoms with Crippen LogP contribution in [-0.2, 0) is 16.4 Å². The number of carboxylic acid groups (broad SMARTS) is 1. The van der Waals surface area contributed by atoms with Gasteiger partial charge in [-0.2, -0.15) is 0 Å². The Morgan fingerprint density at radius 3 is 1.30 bits per heavy atom. The fourth-order valence-electron chi connectivity index (χ4n) is 2.46. The zero-order valence-corrected chi connectivity index (χ0v) is 12.4. The van der Waals surface area contributed by atoms with Crippen LogP contribution in [0.4, 0.5) is 0 Å². The van der Waals surface area contributed by atoms with Crippen LogP contribution in [0.2, 0.25) is 0 Å². The van der Waals surface area contributed by atoms with Gasteiger partial charge >= 0.3 is 5.97 Å². The normalized spacial score (nSPS) is 12.9. The summed E-state index contributed by atoms with van der Waals surface area (Å²) in [5.41, 5.74) is -3.11. The second-order valence-electron chi connectivity index (χ2n) is 5.51. The predicted octanol–water partition coefficient (Wildman–Crippen LogP) is 0.753. The van der Waals surface area contributed by atoms with E-state index < -0.39 is 23.0 Å². The minimum absolute atomic E-state index is 0.173. The van der Waals surface area contributed by atoms with Gasteiger partial charge in [0, 0.05) is 11.1 Å². The molecule has 6 heteroatoms. The minimum Gasteiger partial charge on any atom is -0.481 e. The second kappa shape index (κ2) is 5.75. The molecule has 2 aromatic carbocycles. The Balaban J connectivity index is 2.67. The standard InChI is InChI=1S/C17H18O6/c1-15(14(18)19,16(20,21)12-8-4-2-5-9-12)17(22,23)13-10-6-3-7-11-13/h2-11,20-23H,1H3,(H,18,19). The molecule has 0 radical (unpaired) electrons. The molecule has 23 heavy (non-hydrogen) atoms. The predicted molar refractivity (Wildman–Crippen MR) is 80.9 cm³/mol. The van der Waals surface area contributed by atoms with Crippen LogP contribution in [0, 0.1) is 5.41 Å². The van der Waals surface area contributed by atoms with Crippen molar-refractivity contribution < 1.29 is 30.3 Å². The number of aliphatic hydroxyl groups is 4. The highest BCUT2D eigenvalue weighted by Crippen LogP contribution is 2.49. The fraction of sp³-hybridized carbons (Fsp3) is 0.235. The molecule has 5 N–H and O–H groups in total. The maximum absolute atomic E-state index is 11.8. The molecule has 0 aromatic heterocycles. The van der Waals surface area contributed by atoms with Gasteiger partial charge in [-0.05, 0) is 6.92 Å². The van der Waals surface area contributed by atoms with Crippen molar-refractivity contribution in [2.45, 2.75) is 18.5 Å². The van der Waals surface area contributed by atoms with E-state index in [1.165, 1.54) is 48.5 Å². The number of rotatable bonds is 5. The van der Waals surface area contributed by atoms with E-state index in [2.05, 4.69) is 0 Å². The summed E-state index contributed by atoms with van der Waals surface area (Å²) in [6, 6.07) is 14.3. The summed E-state index contributed by atoms with van der Waals surface area (Å²) in [7, 11) is 0. The highest BCUT2D eigenvalue weighted by Gasteiger charge is 2.66. The number of aliphatic carboxylic acids is 1. The zero-order chi connectivity index (χ0) is 17.3. The lowest BCUT2D eigenvalue weighted by molar-refractivity contribution is -0.352. The van der Waals surface area contributed by atoms with Crippen molar-refractivity contribution in [3.63, 3.8) is 0 Å². The highest BCUT2D eigenvalue weighted by atomic mass is 16.5. The molecule has 2 aromatic rings. The van der Waals surface area contributed by atoms with Crippen molar-refractivity contribution in [2.24, 2.45) is 5.41 Å². The Bertz CT molecular complexity index is 627. The van der Waals surface area contributed by atoms with Gasteiger partial charge in [-0.3, -0.25) is 4.79 Å². The van der Waals surface area contributed by atoms with Gasteiger partial charge in [-0.15, -0.1) is 0 Å².